The third-order valence-electron chi connectivity index (χ3n) is 2.92. The average molecular weight is 257 g/mol. The number of aryl methyl sites for hydroxylation is 2. The Hall–Kier alpha value is -2.55. The Bertz CT molecular complexity index is 621. The third kappa shape index (κ3) is 2.50. The Balaban J connectivity index is 2.25. The van der Waals surface area contributed by atoms with Crippen LogP contribution in [-0.4, -0.2) is 10.1 Å². The van der Waals surface area contributed by atoms with E-state index in [9.17, 15) is 0 Å². The molecule has 0 radical (unpaired) electrons. The van der Waals surface area contributed by atoms with Crippen molar-refractivity contribution >= 4 is 11.5 Å². The van der Waals surface area contributed by atoms with Crippen molar-refractivity contribution in [2.45, 2.75) is 26.8 Å². The molecule has 98 valence electrons. The highest BCUT2D eigenvalue weighted by Crippen LogP contribution is 2.26. The minimum Gasteiger partial charge on any atom is -0.396 e. The third-order valence-corrected chi connectivity index (χ3v) is 2.92. The summed E-state index contributed by atoms with van der Waals surface area (Å²) in [6, 6.07) is 3.56. The number of pyridine rings is 1. The largest absolute Gasteiger partial charge is 0.396 e. The standard InChI is InChI=1S/C13H15N5O/c1-7(12-8(2)18-19-9(12)3)17-13-11(15)4-10(5-14)6-16-13/h4,6-7H,15H2,1-3H3,(H,16,17). The van der Waals surface area contributed by atoms with E-state index < -0.39 is 0 Å². The molecule has 2 aromatic heterocycles. The van der Waals surface area contributed by atoms with E-state index in [1.165, 1.54) is 6.20 Å². The number of hydrogen-bond donors (Lipinski definition) is 2. The van der Waals surface area contributed by atoms with Crippen molar-refractivity contribution in [3.05, 3.63) is 34.8 Å². The normalized spacial score (nSPS) is 11.9. The van der Waals surface area contributed by atoms with Gasteiger partial charge in [-0.3, -0.25) is 0 Å². The highest BCUT2D eigenvalue weighted by molar-refractivity contribution is 5.63. The molecule has 6 heteroatoms. The van der Waals surface area contributed by atoms with Gasteiger partial charge in [-0.1, -0.05) is 5.16 Å². The first-order valence-corrected chi connectivity index (χ1v) is 5.88. The maximum Gasteiger partial charge on any atom is 0.149 e. The van der Waals surface area contributed by atoms with E-state index in [4.69, 9.17) is 15.5 Å². The Morgan fingerprint density at radius 3 is 2.74 bits per heavy atom. The number of nitrogen functional groups attached to an aromatic ring is 1. The van der Waals surface area contributed by atoms with Gasteiger partial charge in [-0.2, -0.15) is 5.26 Å². The van der Waals surface area contributed by atoms with E-state index >= 15 is 0 Å². The first-order chi connectivity index (χ1) is 9.02. The molecule has 0 bridgehead atoms. The average Bonchev–Trinajstić information content (AvgIpc) is 2.71. The van der Waals surface area contributed by atoms with Crippen LogP contribution in [0.15, 0.2) is 16.8 Å². The predicted octanol–water partition coefficient (Wildman–Crippen LogP) is 2.31. The van der Waals surface area contributed by atoms with Crippen LogP contribution in [0.4, 0.5) is 11.5 Å². The number of nitrogens with one attached hydrogen (secondary N) is 1. The van der Waals surface area contributed by atoms with Crippen molar-refractivity contribution in [1.29, 1.82) is 5.26 Å². The molecular weight excluding hydrogens is 242 g/mol. The smallest absolute Gasteiger partial charge is 0.149 e. The van der Waals surface area contributed by atoms with E-state index in [-0.39, 0.29) is 6.04 Å². The lowest BCUT2D eigenvalue weighted by atomic mass is 10.1. The fourth-order valence-corrected chi connectivity index (χ4v) is 2.05. The fourth-order valence-electron chi connectivity index (χ4n) is 2.05. The van der Waals surface area contributed by atoms with Crippen LogP contribution in [-0.2, 0) is 0 Å². The van der Waals surface area contributed by atoms with Crippen molar-refractivity contribution in [3.8, 4) is 6.07 Å². The summed E-state index contributed by atoms with van der Waals surface area (Å²) < 4.78 is 5.14. The van der Waals surface area contributed by atoms with Gasteiger partial charge in [0.2, 0.25) is 0 Å². The second-order valence-corrected chi connectivity index (χ2v) is 4.38. The molecule has 1 atom stereocenters. The maximum atomic E-state index is 8.77. The van der Waals surface area contributed by atoms with Gasteiger partial charge in [0.15, 0.2) is 0 Å². The minimum atomic E-state index is -0.0333. The van der Waals surface area contributed by atoms with Crippen LogP contribution in [0.25, 0.3) is 0 Å². The van der Waals surface area contributed by atoms with Crippen LogP contribution in [0.1, 0.15) is 35.5 Å². The molecule has 0 aliphatic carbocycles. The Labute approximate surface area is 111 Å². The molecule has 0 amide bonds. The molecule has 0 saturated heterocycles. The first kappa shape index (κ1) is 12.9. The van der Waals surface area contributed by atoms with E-state index in [2.05, 4.69) is 15.5 Å². The van der Waals surface area contributed by atoms with Gasteiger partial charge >= 0.3 is 0 Å². The number of aromatic nitrogens is 2. The molecule has 2 heterocycles. The molecule has 2 aromatic rings. The number of nitrogens with two attached hydrogens (primary N) is 1. The second kappa shape index (κ2) is 4.98. The summed E-state index contributed by atoms with van der Waals surface area (Å²) in [7, 11) is 0. The highest BCUT2D eigenvalue weighted by atomic mass is 16.5. The van der Waals surface area contributed by atoms with Crippen LogP contribution in [0.2, 0.25) is 0 Å². The lowest BCUT2D eigenvalue weighted by Crippen LogP contribution is -2.11. The number of nitriles is 1. The molecular formula is C13H15N5O. The number of hydrogen-bond acceptors (Lipinski definition) is 6. The minimum absolute atomic E-state index is 0.0333. The van der Waals surface area contributed by atoms with E-state index in [1.54, 1.807) is 6.07 Å². The van der Waals surface area contributed by atoms with Gasteiger partial charge in [0.05, 0.1) is 23.0 Å². The molecule has 0 fully saturated rings. The van der Waals surface area contributed by atoms with Gasteiger partial charge < -0.3 is 15.6 Å². The number of nitrogens with zero attached hydrogens (tertiary/aromatic N) is 3. The summed E-state index contributed by atoms with van der Waals surface area (Å²) in [6.07, 6.45) is 1.48. The summed E-state index contributed by atoms with van der Waals surface area (Å²) in [5.74, 6) is 1.32. The van der Waals surface area contributed by atoms with Gasteiger partial charge in [0.1, 0.15) is 17.6 Å². The summed E-state index contributed by atoms with van der Waals surface area (Å²) in [6.45, 7) is 5.73. The molecule has 19 heavy (non-hydrogen) atoms. The van der Waals surface area contributed by atoms with Gasteiger partial charge in [0, 0.05) is 11.8 Å². The molecule has 3 N–H and O–H groups in total. The lowest BCUT2D eigenvalue weighted by molar-refractivity contribution is 0.392. The molecule has 1 unspecified atom stereocenters. The Morgan fingerprint density at radius 2 is 2.21 bits per heavy atom. The molecule has 2 rings (SSSR count). The van der Waals surface area contributed by atoms with Gasteiger partial charge in [0.25, 0.3) is 0 Å². The van der Waals surface area contributed by atoms with Crippen molar-refractivity contribution in [2.24, 2.45) is 0 Å². The van der Waals surface area contributed by atoms with Crippen LogP contribution in [0.5, 0.6) is 0 Å². The summed E-state index contributed by atoms with van der Waals surface area (Å²) in [5, 5.41) is 15.9. The maximum absolute atomic E-state index is 8.77. The zero-order valence-corrected chi connectivity index (χ0v) is 11.1. The number of rotatable bonds is 3. The van der Waals surface area contributed by atoms with Crippen molar-refractivity contribution in [3.63, 3.8) is 0 Å². The van der Waals surface area contributed by atoms with Crippen LogP contribution in [0, 0.1) is 25.2 Å². The van der Waals surface area contributed by atoms with Crippen molar-refractivity contribution in [1.82, 2.24) is 10.1 Å². The quantitative estimate of drug-likeness (QED) is 0.875. The predicted molar refractivity (Wildman–Crippen MR) is 71.4 cm³/mol. The molecule has 0 aromatic carbocycles. The van der Waals surface area contributed by atoms with E-state index in [1.807, 2.05) is 26.8 Å². The fraction of sp³-hybridized carbons (Fsp3) is 0.308. The molecule has 0 aliphatic rings. The Morgan fingerprint density at radius 1 is 1.47 bits per heavy atom. The van der Waals surface area contributed by atoms with Crippen LogP contribution in [0.3, 0.4) is 0 Å². The SMILES string of the molecule is Cc1noc(C)c1C(C)Nc1ncc(C#N)cc1N. The topological polar surface area (TPSA) is 101 Å². The summed E-state index contributed by atoms with van der Waals surface area (Å²) in [5.41, 5.74) is 8.57. The molecule has 6 nitrogen and oxygen atoms in total. The Kier molecular flexibility index (Phi) is 3.38. The van der Waals surface area contributed by atoms with Gasteiger partial charge in [-0.05, 0) is 26.8 Å². The van der Waals surface area contributed by atoms with Gasteiger partial charge in [-0.25, -0.2) is 4.98 Å². The second-order valence-electron chi connectivity index (χ2n) is 4.38. The molecule has 0 aliphatic heterocycles. The van der Waals surface area contributed by atoms with Crippen LogP contribution >= 0.6 is 0 Å². The zero-order valence-electron chi connectivity index (χ0n) is 11.1. The molecule has 0 spiro atoms. The van der Waals surface area contributed by atoms with E-state index in [0.717, 1.165) is 17.0 Å². The van der Waals surface area contributed by atoms with Gasteiger partial charge in [-0.15, -0.1) is 0 Å². The lowest BCUT2D eigenvalue weighted by Gasteiger charge is -2.15. The summed E-state index contributed by atoms with van der Waals surface area (Å²) >= 11 is 0. The monoisotopic (exact) mass is 257 g/mol. The highest BCUT2D eigenvalue weighted by Gasteiger charge is 2.17. The van der Waals surface area contributed by atoms with Crippen molar-refractivity contribution < 1.29 is 4.52 Å². The van der Waals surface area contributed by atoms with E-state index in [0.29, 0.717) is 17.1 Å². The first-order valence-electron chi connectivity index (χ1n) is 5.88. The van der Waals surface area contributed by atoms with Crippen molar-refractivity contribution in [2.75, 3.05) is 11.1 Å². The van der Waals surface area contributed by atoms with Crippen LogP contribution < -0.4 is 11.1 Å². The summed E-state index contributed by atoms with van der Waals surface area (Å²) in [4.78, 5) is 4.15. The molecule has 0 saturated carbocycles. The number of anilines is 2. The zero-order chi connectivity index (χ0) is 14.0.